The first-order valence-corrected chi connectivity index (χ1v) is 15.2. The molecule has 0 saturated heterocycles. The monoisotopic (exact) mass is 567 g/mol. The lowest BCUT2D eigenvalue weighted by Crippen LogP contribution is -2.25. The molecule has 3 nitrogen and oxygen atoms in total. The molecule has 2 aliphatic carbocycles. The fourth-order valence-corrected chi connectivity index (χ4v) is 7.64. The zero-order chi connectivity index (χ0) is 29.4. The molecule has 6 aromatic rings. The average molecular weight is 568 g/mol. The van der Waals surface area contributed by atoms with Crippen LogP contribution in [-0.4, -0.2) is 0 Å². The van der Waals surface area contributed by atoms with Crippen LogP contribution >= 0.6 is 0 Å². The molecule has 0 atom stereocenters. The highest BCUT2D eigenvalue weighted by molar-refractivity contribution is 5.98. The lowest BCUT2D eigenvalue weighted by Gasteiger charge is -2.32. The number of nitrogens with zero attached hydrogens (tertiary/aromatic N) is 1. The Morgan fingerprint density at radius 1 is 0.545 bits per heavy atom. The van der Waals surface area contributed by atoms with Gasteiger partial charge in [0.1, 0.15) is 0 Å². The highest BCUT2D eigenvalue weighted by Gasteiger charge is 2.53. The van der Waals surface area contributed by atoms with E-state index in [9.17, 15) is 0 Å². The molecule has 0 amide bonds. The van der Waals surface area contributed by atoms with Crippen LogP contribution in [0.1, 0.15) is 36.1 Å². The second-order valence-corrected chi connectivity index (χ2v) is 11.6. The lowest BCUT2D eigenvalue weighted by atomic mass is 9.70. The highest BCUT2D eigenvalue weighted by Crippen LogP contribution is 2.66. The molecule has 6 aromatic carbocycles. The Labute approximate surface area is 257 Å². The van der Waals surface area contributed by atoms with Crippen molar-refractivity contribution >= 4 is 11.4 Å². The molecule has 9 rings (SSSR count). The van der Waals surface area contributed by atoms with Gasteiger partial charge in [-0.05, 0) is 83.1 Å². The minimum absolute atomic E-state index is 0.424. The smallest absolute Gasteiger partial charge is 0.194 e. The van der Waals surface area contributed by atoms with Gasteiger partial charge in [0.25, 0.3) is 0 Å². The van der Waals surface area contributed by atoms with Crippen molar-refractivity contribution in [1.29, 1.82) is 0 Å². The van der Waals surface area contributed by atoms with Crippen molar-refractivity contribution in [1.82, 2.24) is 0 Å². The van der Waals surface area contributed by atoms with E-state index >= 15 is 0 Å². The minimum Gasteiger partial charge on any atom is -0.449 e. The number of ether oxygens (including phenoxy) is 2. The Balaban J connectivity index is 1.27. The van der Waals surface area contributed by atoms with E-state index in [1.165, 1.54) is 38.9 Å². The summed E-state index contributed by atoms with van der Waals surface area (Å²) >= 11 is 0. The average Bonchev–Trinajstić information content (AvgIpc) is 3.56. The van der Waals surface area contributed by atoms with Crippen LogP contribution in [0.2, 0.25) is 0 Å². The van der Waals surface area contributed by atoms with Crippen molar-refractivity contribution in [2.24, 2.45) is 0 Å². The topological polar surface area (TPSA) is 21.7 Å². The molecule has 1 spiro atoms. The predicted molar refractivity (Wildman–Crippen MR) is 177 cm³/mol. The quantitative estimate of drug-likeness (QED) is 0.212. The second kappa shape index (κ2) is 9.23. The van der Waals surface area contributed by atoms with E-state index in [0.717, 1.165) is 34.1 Å². The summed E-state index contributed by atoms with van der Waals surface area (Å²) < 4.78 is 13.8. The van der Waals surface area contributed by atoms with Gasteiger partial charge in [0, 0.05) is 16.9 Å². The van der Waals surface area contributed by atoms with E-state index in [4.69, 9.17) is 9.47 Å². The van der Waals surface area contributed by atoms with Gasteiger partial charge in [0.05, 0.1) is 11.1 Å². The van der Waals surface area contributed by atoms with E-state index in [-0.39, 0.29) is 0 Å². The van der Waals surface area contributed by atoms with Gasteiger partial charge in [-0.3, -0.25) is 0 Å². The van der Waals surface area contributed by atoms with Crippen molar-refractivity contribution in [3.05, 3.63) is 167 Å². The number of fused-ring (bicyclic) bond motifs is 13. The number of rotatable bonds is 3. The third kappa shape index (κ3) is 3.16. The molecule has 0 bridgehead atoms. The van der Waals surface area contributed by atoms with Crippen LogP contribution in [0.3, 0.4) is 0 Å². The number of para-hydroxylation sites is 2. The summed E-state index contributed by atoms with van der Waals surface area (Å²) in [5, 5.41) is 0. The molecule has 3 heteroatoms. The normalized spacial score (nSPS) is 14.4. The molecule has 0 N–H and O–H groups in total. The molecular weight excluding hydrogens is 538 g/mol. The lowest BCUT2D eigenvalue weighted by molar-refractivity contribution is 0.361. The van der Waals surface area contributed by atoms with Crippen LogP contribution in [0.4, 0.5) is 11.4 Å². The maximum absolute atomic E-state index is 6.92. The Morgan fingerprint density at radius 3 is 1.80 bits per heavy atom. The van der Waals surface area contributed by atoms with Crippen molar-refractivity contribution in [3.8, 4) is 45.3 Å². The maximum atomic E-state index is 6.92. The minimum atomic E-state index is -0.424. The van der Waals surface area contributed by atoms with Gasteiger partial charge in [-0.25, -0.2) is 0 Å². The molecular formula is C41H29NO2. The summed E-state index contributed by atoms with van der Waals surface area (Å²) in [7, 11) is 0. The Morgan fingerprint density at radius 2 is 1.11 bits per heavy atom. The van der Waals surface area contributed by atoms with Gasteiger partial charge >= 0.3 is 0 Å². The van der Waals surface area contributed by atoms with Crippen molar-refractivity contribution in [3.63, 3.8) is 0 Å². The molecule has 210 valence electrons. The van der Waals surface area contributed by atoms with Crippen LogP contribution in [-0.2, 0) is 5.41 Å². The standard InChI is InChI=1S/C41H29NO2/c1-3-26(2)42(27-14-5-4-6-15-27)35-22-13-23-36-39(35)43-37-25-24-34-38(40(37)44-36)30-18-9-12-21-33(30)41(34)31-19-10-7-16-28(31)29-17-8-11-20-32(29)41/h3-25H,1-2H3/b26-3+. The van der Waals surface area contributed by atoms with Crippen molar-refractivity contribution in [2.75, 3.05) is 4.90 Å². The van der Waals surface area contributed by atoms with Crippen LogP contribution in [0, 0.1) is 0 Å². The van der Waals surface area contributed by atoms with E-state index in [1.54, 1.807) is 0 Å². The fraction of sp³-hybridized carbons (Fsp3) is 0.0732. The zero-order valence-corrected chi connectivity index (χ0v) is 24.5. The number of benzene rings is 6. The van der Waals surface area contributed by atoms with E-state index in [2.05, 4.69) is 140 Å². The van der Waals surface area contributed by atoms with Crippen LogP contribution < -0.4 is 14.4 Å². The summed E-state index contributed by atoms with van der Waals surface area (Å²) in [4.78, 5) is 2.22. The highest BCUT2D eigenvalue weighted by atomic mass is 16.6. The third-order valence-corrected chi connectivity index (χ3v) is 9.49. The van der Waals surface area contributed by atoms with Crippen LogP contribution in [0.5, 0.6) is 23.0 Å². The molecule has 0 radical (unpaired) electrons. The Kier molecular flexibility index (Phi) is 5.24. The van der Waals surface area contributed by atoms with Gasteiger partial charge in [-0.1, -0.05) is 109 Å². The molecule has 0 saturated carbocycles. The number of anilines is 2. The molecule has 1 aliphatic heterocycles. The first-order valence-electron chi connectivity index (χ1n) is 15.2. The van der Waals surface area contributed by atoms with Crippen molar-refractivity contribution in [2.45, 2.75) is 19.3 Å². The summed E-state index contributed by atoms with van der Waals surface area (Å²) in [5.74, 6) is 2.91. The van der Waals surface area contributed by atoms with Gasteiger partial charge in [-0.15, -0.1) is 0 Å². The molecule has 0 aromatic heterocycles. The Bertz CT molecular complexity index is 2110. The third-order valence-electron chi connectivity index (χ3n) is 9.49. The molecule has 44 heavy (non-hydrogen) atoms. The van der Waals surface area contributed by atoms with Gasteiger partial charge in [-0.2, -0.15) is 0 Å². The van der Waals surface area contributed by atoms with E-state index < -0.39 is 5.41 Å². The molecule has 3 aliphatic rings. The summed E-state index contributed by atoms with van der Waals surface area (Å²) in [5.41, 5.74) is 12.7. The van der Waals surface area contributed by atoms with Gasteiger partial charge in [0.15, 0.2) is 23.0 Å². The van der Waals surface area contributed by atoms with Gasteiger partial charge < -0.3 is 14.4 Å². The predicted octanol–water partition coefficient (Wildman–Crippen LogP) is 11.0. The summed E-state index contributed by atoms with van der Waals surface area (Å²) in [6.07, 6.45) is 2.12. The summed E-state index contributed by atoms with van der Waals surface area (Å²) in [6.45, 7) is 4.17. The van der Waals surface area contributed by atoms with E-state index in [0.29, 0.717) is 11.5 Å². The maximum Gasteiger partial charge on any atom is 0.194 e. The second-order valence-electron chi connectivity index (χ2n) is 11.6. The molecule has 0 fully saturated rings. The first kappa shape index (κ1) is 25.0. The fourth-order valence-electron chi connectivity index (χ4n) is 7.64. The van der Waals surface area contributed by atoms with E-state index in [1.807, 2.05) is 18.2 Å². The van der Waals surface area contributed by atoms with Crippen LogP contribution in [0.25, 0.3) is 22.3 Å². The molecule has 0 unspecified atom stereocenters. The zero-order valence-electron chi connectivity index (χ0n) is 24.5. The van der Waals surface area contributed by atoms with Crippen LogP contribution in [0.15, 0.2) is 145 Å². The SMILES string of the molecule is C/C=C(\C)N(c1ccccc1)c1cccc2c1Oc1ccc3c(c1O2)-c1ccccc1C31c2ccccc2-c2ccccc21. The first-order chi connectivity index (χ1) is 21.7. The number of hydrogen-bond acceptors (Lipinski definition) is 3. The Hall–Kier alpha value is -5.54. The largest absolute Gasteiger partial charge is 0.449 e. The molecule has 1 heterocycles. The van der Waals surface area contributed by atoms with Crippen molar-refractivity contribution < 1.29 is 9.47 Å². The summed E-state index contributed by atoms with van der Waals surface area (Å²) in [6, 6.07) is 47.4. The van der Waals surface area contributed by atoms with Gasteiger partial charge in [0.2, 0.25) is 0 Å². The number of allylic oxidation sites excluding steroid dienone is 2. The number of hydrogen-bond donors (Lipinski definition) is 0.